The van der Waals surface area contributed by atoms with Gasteiger partial charge in [0.15, 0.2) is 0 Å². The topological polar surface area (TPSA) is 49.6 Å². The summed E-state index contributed by atoms with van der Waals surface area (Å²) in [4.78, 5) is 16.9. The first-order chi connectivity index (χ1) is 8.74. The van der Waals surface area contributed by atoms with Crippen molar-refractivity contribution < 1.29 is 4.79 Å². The van der Waals surface area contributed by atoms with Crippen molar-refractivity contribution >= 4 is 5.91 Å². The van der Waals surface area contributed by atoms with Crippen LogP contribution >= 0.6 is 0 Å². The number of nitrogens with two attached hydrogens (primary N) is 1. The van der Waals surface area contributed by atoms with Crippen molar-refractivity contribution in [1.82, 2.24) is 9.80 Å². The van der Waals surface area contributed by atoms with Gasteiger partial charge in [0, 0.05) is 19.1 Å². The molecule has 2 fully saturated rings. The molecule has 4 nitrogen and oxygen atoms in total. The van der Waals surface area contributed by atoms with Gasteiger partial charge in [0.1, 0.15) is 0 Å². The number of amides is 1. The Kier molecular flexibility index (Phi) is 5.01. The number of piperidine rings is 1. The summed E-state index contributed by atoms with van der Waals surface area (Å²) in [5.41, 5.74) is 5.70. The average Bonchev–Trinajstić information content (AvgIpc) is 2.92. The zero-order chi connectivity index (χ0) is 13.0. The minimum absolute atomic E-state index is 0.0416. The molecular formula is C14H27N3O. The molecule has 18 heavy (non-hydrogen) atoms. The third-order valence-corrected chi connectivity index (χ3v) is 4.45. The SMILES string of the molecule is CC(C(=O)N1CCCC1)N1CCCCC1CCN. The fraction of sp³-hybridized carbons (Fsp3) is 0.929. The molecule has 2 aliphatic rings. The first-order valence-electron chi connectivity index (χ1n) is 7.48. The Morgan fingerprint density at radius 3 is 2.56 bits per heavy atom. The van der Waals surface area contributed by atoms with E-state index in [0.717, 1.165) is 32.6 Å². The molecule has 0 spiro atoms. The predicted octanol–water partition coefficient (Wildman–Crippen LogP) is 1.20. The zero-order valence-corrected chi connectivity index (χ0v) is 11.6. The molecule has 2 atom stereocenters. The van der Waals surface area contributed by atoms with Gasteiger partial charge >= 0.3 is 0 Å². The van der Waals surface area contributed by atoms with Crippen LogP contribution in [0.25, 0.3) is 0 Å². The molecule has 0 bridgehead atoms. The van der Waals surface area contributed by atoms with E-state index in [1.807, 2.05) is 4.90 Å². The van der Waals surface area contributed by atoms with Crippen molar-refractivity contribution in [2.45, 2.75) is 57.5 Å². The molecule has 0 aromatic heterocycles. The third-order valence-electron chi connectivity index (χ3n) is 4.45. The normalized spacial score (nSPS) is 27.4. The maximum atomic E-state index is 12.4. The van der Waals surface area contributed by atoms with Crippen LogP contribution in [0.3, 0.4) is 0 Å². The highest BCUT2D eigenvalue weighted by atomic mass is 16.2. The van der Waals surface area contributed by atoms with E-state index >= 15 is 0 Å². The molecule has 2 rings (SSSR count). The average molecular weight is 253 g/mol. The van der Waals surface area contributed by atoms with Crippen LogP contribution in [0.2, 0.25) is 0 Å². The van der Waals surface area contributed by atoms with Gasteiger partial charge in [-0.2, -0.15) is 0 Å². The standard InChI is InChI=1S/C14H27N3O/c1-12(14(18)16-9-4-5-10-16)17-11-3-2-6-13(17)7-8-15/h12-13H,2-11,15H2,1H3. The summed E-state index contributed by atoms with van der Waals surface area (Å²) in [7, 11) is 0. The van der Waals surface area contributed by atoms with Crippen molar-refractivity contribution in [3.63, 3.8) is 0 Å². The summed E-state index contributed by atoms with van der Waals surface area (Å²) in [6.45, 7) is 5.78. The summed E-state index contributed by atoms with van der Waals surface area (Å²) in [6, 6.07) is 0.560. The van der Waals surface area contributed by atoms with Gasteiger partial charge in [0.2, 0.25) is 5.91 Å². The quantitative estimate of drug-likeness (QED) is 0.819. The number of rotatable bonds is 4. The van der Waals surface area contributed by atoms with Gasteiger partial charge in [-0.3, -0.25) is 9.69 Å². The molecular weight excluding hydrogens is 226 g/mol. The Labute approximate surface area is 110 Å². The van der Waals surface area contributed by atoms with E-state index in [1.54, 1.807) is 0 Å². The fourth-order valence-corrected chi connectivity index (χ4v) is 3.38. The number of nitrogens with zero attached hydrogens (tertiary/aromatic N) is 2. The summed E-state index contributed by atoms with van der Waals surface area (Å²) >= 11 is 0. The Morgan fingerprint density at radius 1 is 1.22 bits per heavy atom. The van der Waals surface area contributed by atoms with Crippen molar-refractivity contribution in [3.8, 4) is 0 Å². The summed E-state index contributed by atoms with van der Waals surface area (Å²) < 4.78 is 0. The molecule has 0 saturated carbocycles. The van der Waals surface area contributed by atoms with Crippen LogP contribution in [0.15, 0.2) is 0 Å². The second kappa shape index (κ2) is 6.53. The molecule has 1 amide bonds. The van der Waals surface area contributed by atoms with Crippen LogP contribution in [0.4, 0.5) is 0 Å². The van der Waals surface area contributed by atoms with Gasteiger partial charge in [-0.25, -0.2) is 0 Å². The molecule has 0 aromatic carbocycles. The number of hydrogen-bond donors (Lipinski definition) is 1. The Balaban J connectivity index is 1.96. The zero-order valence-electron chi connectivity index (χ0n) is 11.6. The molecule has 2 heterocycles. The van der Waals surface area contributed by atoms with E-state index in [-0.39, 0.29) is 6.04 Å². The first kappa shape index (κ1) is 13.8. The Bertz CT molecular complexity index is 274. The van der Waals surface area contributed by atoms with Crippen molar-refractivity contribution in [2.24, 2.45) is 5.73 Å². The number of likely N-dealkylation sites (tertiary alicyclic amines) is 2. The molecule has 0 aromatic rings. The largest absolute Gasteiger partial charge is 0.341 e. The van der Waals surface area contributed by atoms with Crippen LogP contribution in [-0.2, 0) is 4.79 Å². The van der Waals surface area contributed by atoms with Gasteiger partial charge in [0.05, 0.1) is 6.04 Å². The third kappa shape index (κ3) is 3.04. The van der Waals surface area contributed by atoms with Gasteiger partial charge in [0.25, 0.3) is 0 Å². The highest BCUT2D eigenvalue weighted by Crippen LogP contribution is 2.23. The minimum atomic E-state index is 0.0416. The lowest BCUT2D eigenvalue weighted by Crippen LogP contribution is -2.52. The van der Waals surface area contributed by atoms with Crippen molar-refractivity contribution in [2.75, 3.05) is 26.2 Å². The highest BCUT2D eigenvalue weighted by molar-refractivity contribution is 5.81. The maximum absolute atomic E-state index is 12.4. The van der Waals surface area contributed by atoms with E-state index in [1.165, 1.54) is 32.1 Å². The molecule has 2 unspecified atom stereocenters. The summed E-state index contributed by atoms with van der Waals surface area (Å²) in [6.07, 6.45) is 7.08. The lowest BCUT2D eigenvalue weighted by atomic mass is 9.97. The van der Waals surface area contributed by atoms with Gasteiger partial charge in [-0.15, -0.1) is 0 Å². The highest BCUT2D eigenvalue weighted by Gasteiger charge is 2.32. The molecule has 0 aliphatic carbocycles. The molecule has 2 N–H and O–H groups in total. The van der Waals surface area contributed by atoms with Gasteiger partial charge in [-0.1, -0.05) is 6.42 Å². The monoisotopic (exact) mass is 253 g/mol. The molecule has 0 radical (unpaired) electrons. The van der Waals surface area contributed by atoms with E-state index < -0.39 is 0 Å². The fourth-order valence-electron chi connectivity index (χ4n) is 3.38. The second-order valence-corrected chi connectivity index (χ2v) is 5.67. The maximum Gasteiger partial charge on any atom is 0.239 e. The number of carbonyl (C=O) groups is 1. The molecule has 4 heteroatoms. The van der Waals surface area contributed by atoms with Gasteiger partial charge < -0.3 is 10.6 Å². The number of carbonyl (C=O) groups excluding carboxylic acids is 1. The summed E-state index contributed by atoms with van der Waals surface area (Å²) in [5.74, 6) is 0.330. The van der Waals surface area contributed by atoms with E-state index in [4.69, 9.17) is 5.73 Å². The second-order valence-electron chi connectivity index (χ2n) is 5.67. The lowest BCUT2D eigenvalue weighted by molar-refractivity contribution is -0.136. The smallest absolute Gasteiger partial charge is 0.239 e. The van der Waals surface area contributed by atoms with E-state index in [0.29, 0.717) is 11.9 Å². The van der Waals surface area contributed by atoms with Crippen LogP contribution in [0.1, 0.15) is 45.4 Å². The Morgan fingerprint density at radius 2 is 1.89 bits per heavy atom. The first-order valence-corrected chi connectivity index (χ1v) is 7.48. The van der Waals surface area contributed by atoms with Crippen LogP contribution in [0.5, 0.6) is 0 Å². The molecule has 104 valence electrons. The van der Waals surface area contributed by atoms with Crippen molar-refractivity contribution in [3.05, 3.63) is 0 Å². The molecule has 2 saturated heterocycles. The van der Waals surface area contributed by atoms with Crippen LogP contribution in [-0.4, -0.2) is 54.0 Å². The lowest BCUT2D eigenvalue weighted by Gasteiger charge is -2.40. The van der Waals surface area contributed by atoms with Crippen molar-refractivity contribution in [1.29, 1.82) is 0 Å². The van der Waals surface area contributed by atoms with E-state index in [9.17, 15) is 4.79 Å². The minimum Gasteiger partial charge on any atom is -0.341 e. The Hall–Kier alpha value is -0.610. The number of hydrogen-bond acceptors (Lipinski definition) is 3. The predicted molar refractivity (Wildman–Crippen MR) is 73.3 cm³/mol. The van der Waals surface area contributed by atoms with Gasteiger partial charge in [-0.05, 0) is 52.1 Å². The van der Waals surface area contributed by atoms with Crippen LogP contribution < -0.4 is 5.73 Å². The molecule has 2 aliphatic heterocycles. The van der Waals surface area contributed by atoms with E-state index in [2.05, 4.69) is 11.8 Å². The summed E-state index contributed by atoms with van der Waals surface area (Å²) in [5, 5.41) is 0. The van der Waals surface area contributed by atoms with Crippen LogP contribution in [0, 0.1) is 0 Å².